The third kappa shape index (κ3) is 4.38. The molecule has 1 saturated heterocycles. The van der Waals surface area contributed by atoms with Crippen LogP contribution >= 0.6 is 0 Å². The van der Waals surface area contributed by atoms with Crippen LogP contribution in [0.2, 0.25) is 0 Å². The average molecular weight is 341 g/mol. The molecule has 25 heavy (non-hydrogen) atoms. The van der Waals surface area contributed by atoms with Gasteiger partial charge in [0.15, 0.2) is 0 Å². The van der Waals surface area contributed by atoms with Gasteiger partial charge in [-0.1, -0.05) is 17.7 Å². The summed E-state index contributed by atoms with van der Waals surface area (Å²) >= 11 is 0. The van der Waals surface area contributed by atoms with Crippen molar-refractivity contribution in [3.8, 4) is 6.07 Å². The van der Waals surface area contributed by atoms with Crippen molar-refractivity contribution in [2.45, 2.75) is 33.6 Å². The number of likely N-dealkylation sites (tertiary alicyclic amines) is 1. The van der Waals surface area contributed by atoms with Crippen molar-refractivity contribution in [1.29, 1.82) is 5.26 Å². The summed E-state index contributed by atoms with van der Waals surface area (Å²) in [5.74, 6) is -1.59. The Kier molecular flexibility index (Phi) is 5.81. The number of carbonyl (C=O) groups excluding carboxylic acids is 1. The van der Waals surface area contributed by atoms with Gasteiger partial charge in [-0.3, -0.25) is 9.59 Å². The second-order valence-electron chi connectivity index (χ2n) is 6.49. The van der Waals surface area contributed by atoms with Crippen LogP contribution in [0.1, 0.15) is 29.5 Å². The molecule has 0 spiro atoms. The fraction of sp³-hybridized carbons (Fsp3) is 0.421. The molecule has 0 aliphatic carbocycles. The molecule has 2 N–H and O–H groups in total. The molecule has 132 valence electrons. The molecule has 0 radical (unpaired) electrons. The van der Waals surface area contributed by atoms with E-state index in [-0.39, 0.29) is 11.5 Å². The quantitative estimate of drug-likeness (QED) is 0.649. The summed E-state index contributed by atoms with van der Waals surface area (Å²) in [4.78, 5) is 25.0. The van der Waals surface area contributed by atoms with Crippen LogP contribution < -0.4 is 5.32 Å². The van der Waals surface area contributed by atoms with Gasteiger partial charge in [0.2, 0.25) is 0 Å². The summed E-state index contributed by atoms with van der Waals surface area (Å²) < 4.78 is 0. The first-order valence-corrected chi connectivity index (χ1v) is 8.30. The molecule has 1 amide bonds. The zero-order valence-electron chi connectivity index (χ0n) is 14.8. The van der Waals surface area contributed by atoms with Crippen molar-refractivity contribution < 1.29 is 14.7 Å². The number of hydrogen-bond acceptors (Lipinski definition) is 4. The number of carboxylic acids is 1. The minimum atomic E-state index is -0.824. The standard InChI is InChI=1S/C19H23N3O3/c1-12-8-13(2)17(14(3)9-12)21-11-16(10-20)18(23)22-6-4-15(5-7-22)19(24)25/h8-9,11,15,21H,4-7H2,1-3H3,(H,24,25)/b16-11-. The monoisotopic (exact) mass is 341 g/mol. The zero-order chi connectivity index (χ0) is 18.6. The fourth-order valence-corrected chi connectivity index (χ4v) is 3.19. The summed E-state index contributed by atoms with van der Waals surface area (Å²) in [6.45, 7) is 6.68. The highest BCUT2D eigenvalue weighted by Gasteiger charge is 2.28. The summed E-state index contributed by atoms with van der Waals surface area (Å²) in [6.07, 6.45) is 2.28. The largest absolute Gasteiger partial charge is 0.481 e. The van der Waals surface area contributed by atoms with Crippen molar-refractivity contribution in [2.75, 3.05) is 18.4 Å². The normalized spacial score (nSPS) is 15.6. The van der Waals surface area contributed by atoms with Crippen LogP contribution in [0.25, 0.3) is 0 Å². The summed E-state index contributed by atoms with van der Waals surface area (Å²) in [5, 5.41) is 21.4. The summed E-state index contributed by atoms with van der Waals surface area (Å²) in [7, 11) is 0. The minimum absolute atomic E-state index is 0.0214. The molecule has 1 heterocycles. The summed E-state index contributed by atoms with van der Waals surface area (Å²) in [6, 6.07) is 6.02. The number of nitrogens with zero attached hydrogens (tertiary/aromatic N) is 2. The Hall–Kier alpha value is -2.81. The predicted octanol–water partition coefficient (Wildman–Crippen LogP) is 2.75. The first-order chi connectivity index (χ1) is 11.8. The number of aliphatic carboxylic acids is 1. The van der Waals surface area contributed by atoms with Gasteiger partial charge in [-0.15, -0.1) is 0 Å². The van der Waals surface area contributed by atoms with Crippen LogP contribution in [0.4, 0.5) is 5.69 Å². The fourth-order valence-electron chi connectivity index (χ4n) is 3.19. The minimum Gasteiger partial charge on any atom is -0.481 e. The van der Waals surface area contributed by atoms with E-state index in [9.17, 15) is 14.9 Å². The molecule has 0 bridgehead atoms. The number of nitrogens with one attached hydrogen (secondary N) is 1. The van der Waals surface area contributed by atoms with E-state index >= 15 is 0 Å². The van der Waals surface area contributed by atoms with E-state index < -0.39 is 11.9 Å². The highest BCUT2D eigenvalue weighted by molar-refractivity contribution is 5.97. The maximum atomic E-state index is 12.5. The maximum Gasteiger partial charge on any atom is 0.306 e. The number of nitriles is 1. The first-order valence-electron chi connectivity index (χ1n) is 8.30. The van der Waals surface area contributed by atoms with Gasteiger partial charge in [-0.2, -0.15) is 5.26 Å². The van der Waals surface area contributed by atoms with E-state index in [4.69, 9.17) is 5.11 Å². The lowest BCUT2D eigenvalue weighted by Gasteiger charge is -2.29. The molecule has 0 aromatic heterocycles. The highest BCUT2D eigenvalue weighted by atomic mass is 16.4. The number of benzene rings is 1. The van der Waals surface area contributed by atoms with Crippen LogP contribution in [0.5, 0.6) is 0 Å². The number of carboxylic acid groups (broad SMARTS) is 1. The lowest BCUT2D eigenvalue weighted by molar-refractivity contribution is -0.145. The molecule has 1 aliphatic heterocycles. The van der Waals surface area contributed by atoms with E-state index in [0.717, 1.165) is 22.4 Å². The molecular formula is C19H23N3O3. The first kappa shape index (κ1) is 18.5. The molecule has 0 atom stereocenters. The lowest BCUT2D eigenvalue weighted by atomic mass is 9.97. The molecule has 0 unspecified atom stereocenters. The molecule has 1 aromatic carbocycles. The number of aryl methyl sites for hydroxylation is 3. The molecule has 1 fully saturated rings. The Bertz CT molecular complexity index is 731. The highest BCUT2D eigenvalue weighted by Crippen LogP contribution is 2.23. The van der Waals surface area contributed by atoms with Gasteiger partial charge in [-0.25, -0.2) is 0 Å². The van der Waals surface area contributed by atoms with Crippen LogP contribution in [0.3, 0.4) is 0 Å². The van der Waals surface area contributed by atoms with E-state index in [1.54, 1.807) is 4.90 Å². The zero-order valence-corrected chi connectivity index (χ0v) is 14.8. The lowest BCUT2D eigenvalue weighted by Crippen LogP contribution is -2.40. The predicted molar refractivity (Wildman–Crippen MR) is 94.9 cm³/mol. The molecule has 6 heteroatoms. The third-order valence-electron chi connectivity index (χ3n) is 4.52. The van der Waals surface area contributed by atoms with E-state index in [0.29, 0.717) is 25.9 Å². The number of piperidine rings is 1. The van der Waals surface area contributed by atoms with Crippen molar-refractivity contribution in [3.63, 3.8) is 0 Å². The van der Waals surface area contributed by atoms with Crippen molar-refractivity contribution in [2.24, 2.45) is 5.92 Å². The maximum absolute atomic E-state index is 12.5. The van der Waals surface area contributed by atoms with Gasteiger partial charge >= 0.3 is 5.97 Å². The second-order valence-corrected chi connectivity index (χ2v) is 6.49. The van der Waals surface area contributed by atoms with Gasteiger partial charge in [0, 0.05) is 25.0 Å². The smallest absolute Gasteiger partial charge is 0.306 e. The van der Waals surface area contributed by atoms with Gasteiger partial charge in [-0.05, 0) is 44.7 Å². The molecule has 0 saturated carbocycles. The summed E-state index contributed by atoms with van der Waals surface area (Å²) in [5.41, 5.74) is 4.15. The van der Waals surface area contributed by atoms with Crippen LogP contribution in [-0.2, 0) is 9.59 Å². The van der Waals surface area contributed by atoms with Crippen molar-refractivity contribution >= 4 is 17.6 Å². The molecule has 1 aliphatic rings. The number of amides is 1. The van der Waals surface area contributed by atoms with Gasteiger partial charge in [0.05, 0.1) is 5.92 Å². The Balaban J connectivity index is 2.10. The number of hydrogen-bond donors (Lipinski definition) is 2. The van der Waals surface area contributed by atoms with Crippen LogP contribution in [-0.4, -0.2) is 35.0 Å². The Morgan fingerprint density at radius 2 is 1.80 bits per heavy atom. The van der Waals surface area contributed by atoms with Gasteiger partial charge < -0.3 is 15.3 Å². The number of rotatable bonds is 4. The van der Waals surface area contributed by atoms with E-state index in [1.165, 1.54) is 6.20 Å². The number of carbonyl (C=O) groups is 2. The van der Waals surface area contributed by atoms with Crippen LogP contribution in [0, 0.1) is 38.0 Å². The average Bonchev–Trinajstić information content (AvgIpc) is 2.57. The Morgan fingerprint density at radius 1 is 1.24 bits per heavy atom. The Morgan fingerprint density at radius 3 is 2.28 bits per heavy atom. The topological polar surface area (TPSA) is 93.4 Å². The third-order valence-corrected chi connectivity index (χ3v) is 4.52. The number of anilines is 1. The van der Waals surface area contributed by atoms with E-state index in [1.807, 2.05) is 39.0 Å². The molecule has 1 aromatic rings. The molecular weight excluding hydrogens is 318 g/mol. The van der Waals surface area contributed by atoms with Gasteiger partial charge in [0.25, 0.3) is 5.91 Å². The second kappa shape index (κ2) is 7.84. The Labute approximate surface area is 147 Å². The SMILES string of the molecule is Cc1cc(C)c(N/C=C(/C#N)C(=O)N2CCC(C(=O)O)CC2)c(C)c1. The van der Waals surface area contributed by atoms with Crippen molar-refractivity contribution in [1.82, 2.24) is 4.90 Å². The van der Waals surface area contributed by atoms with Gasteiger partial charge in [0.1, 0.15) is 11.6 Å². The molecule has 2 rings (SSSR count). The molecule has 6 nitrogen and oxygen atoms in total. The van der Waals surface area contributed by atoms with Crippen molar-refractivity contribution in [3.05, 3.63) is 40.6 Å². The van der Waals surface area contributed by atoms with E-state index in [2.05, 4.69) is 5.32 Å². The van der Waals surface area contributed by atoms with Crippen LogP contribution in [0.15, 0.2) is 23.9 Å².